The molecule has 0 radical (unpaired) electrons. The standard InChI is InChI=1S/C37H39BrF3N5/c1-5-8-12-24-13-11-14-28-27(24)18-20-45-32(28)29-21-25(38)16-17-30(29)35(4,6-2)36(45,7-3)22-26-23-46-33(31-15-9-10-19-44(26)31)42-34(43-46)37(39,40)41/h9-11,13-21,26H,5-8,12,22-23H2,1-4H3/q+2. The molecule has 238 valence electrons. The lowest BCUT2D eigenvalue weighted by molar-refractivity contribution is -0.788. The SMILES string of the molecule is CCCCc1cccc2c3[n+](ccc12)C(CC)(CC1Cn2nc(C(F)(F)F)nc2-c2cccc[n+]21)C(C)(CC)c1ccc(Br)cc1-3. The molecule has 0 aliphatic carbocycles. The number of nitrogens with zero attached hydrogens (tertiary/aromatic N) is 5. The topological polar surface area (TPSA) is 38.5 Å². The summed E-state index contributed by atoms with van der Waals surface area (Å²) in [5.41, 5.74) is 5.07. The van der Waals surface area contributed by atoms with Crippen LogP contribution in [0.1, 0.15) is 82.8 Å². The van der Waals surface area contributed by atoms with Crippen LogP contribution in [-0.4, -0.2) is 14.8 Å². The molecule has 3 atom stereocenters. The minimum atomic E-state index is -4.61. The number of fused-ring (bicyclic) bond motifs is 8. The van der Waals surface area contributed by atoms with Crippen LogP contribution in [0.5, 0.6) is 0 Å². The fraction of sp³-hybridized carbons (Fsp3) is 0.405. The van der Waals surface area contributed by atoms with E-state index in [-0.39, 0.29) is 17.3 Å². The van der Waals surface area contributed by atoms with Crippen molar-refractivity contribution >= 4 is 26.7 Å². The molecule has 2 aliphatic heterocycles. The van der Waals surface area contributed by atoms with Crippen LogP contribution >= 0.6 is 15.9 Å². The largest absolute Gasteiger partial charge is 0.453 e. The molecule has 3 aromatic heterocycles. The summed E-state index contributed by atoms with van der Waals surface area (Å²) in [7, 11) is 0. The van der Waals surface area contributed by atoms with Crippen molar-refractivity contribution in [3.8, 4) is 22.8 Å². The van der Waals surface area contributed by atoms with Crippen molar-refractivity contribution in [1.29, 1.82) is 0 Å². The maximum atomic E-state index is 13.8. The van der Waals surface area contributed by atoms with Crippen molar-refractivity contribution in [2.24, 2.45) is 0 Å². The molecule has 5 nitrogen and oxygen atoms in total. The summed E-state index contributed by atoms with van der Waals surface area (Å²) in [4.78, 5) is 3.96. The van der Waals surface area contributed by atoms with Crippen molar-refractivity contribution in [3.63, 3.8) is 0 Å². The average molecular weight is 691 g/mol. The molecular formula is C37H39BrF3N5+2. The van der Waals surface area contributed by atoms with Gasteiger partial charge in [-0.15, -0.1) is 5.10 Å². The Morgan fingerprint density at radius 3 is 2.54 bits per heavy atom. The van der Waals surface area contributed by atoms with Gasteiger partial charge in [0.25, 0.3) is 5.82 Å². The zero-order chi connectivity index (χ0) is 32.4. The third kappa shape index (κ3) is 4.55. The van der Waals surface area contributed by atoms with Crippen molar-refractivity contribution in [2.45, 2.75) is 95.9 Å². The van der Waals surface area contributed by atoms with Crippen LogP contribution in [0.15, 0.2) is 77.5 Å². The van der Waals surface area contributed by atoms with E-state index in [2.05, 4.69) is 112 Å². The number of pyridine rings is 2. The molecule has 3 unspecified atom stereocenters. The number of aromatic nitrogens is 5. The van der Waals surface area contributed by atoms with Gasteiger partial charge in [-0.1, -0.05) is 61.3 Å². The van der Waals surface area contributed by atoms with Gasteiger partial charge in [0, 0.05) is 29.1 Å². The van der Waals surface area contributed by atoms with E-state index in [1.165, 1.54) is 37.8 Å². The molecular weight excluding hydrogens is 651 g/mol. The Morgan fingerprint density at radius 2 is 1.80 bits per heavy atom. The summed E-state index contributed by atoms with van der Waals surface area (Å²) in [5.74, 6) is -0.838. The predicted molar refractivity (Wildman–Crippen MR) is 176 cm³/mol. The molecule has 7 rings (SSSR count). The van der Waals surface area contributed by atoms with Crippen LogP contribution in [0.4, 0.5) is 13.2 Å². The van der Waals surface area contributed by atoms with Crippen LogP contribution < -0.4 is 9.13 Å². The molecule has 2 aliphatic rings. The van der Waals surface area contributed by atoms with Gasteiger partial charge in [-0.2, -0.15) is 27.3 Å². The van der Waals surface area contributed by atoms with E-state index in [4.69, 9.17) is 0 Å². The Hall–Kier alpha value is -3.59. The number of aryl methyl sites for hydroxylation is 1. The molecule has 5 aromatic rings. The highest BCUT2D eigenvalue weighted by molar-refractivity contribution is 9.10. The van der Waals surface area contributed by atoms with Gasteiger partial charge in [0.05, 0.1) is 22.8 Å². The summed E-state index contributed by atoms with van der Waals surface area (Å²) < 4.78 is 48.5. The smallest absolute Gasteiger partial charge is 0.233 e. The molecule has 0 bridgehead atoms. The van der Waals surface area contributed by atoms with Gasteiger partial charge in [0.1, 0.15) is 6.54 Å². The molecule has 9 heteroatoms. The van der Waals surface area contributed by atoms with E-state index in [0.717, 1.165) is 36.6 Å². The number of unbranched alkanes of at least 4 members (excludes halogenated alkanes) is 1. The molecule has 2 aromatic carbocycles. The lowest BCUT2D eigenvalue weighted by atomic mass is 9.57. The number of halogens is 4. The van der Waals surface area contributed by atoms with Gasteiger partial charge in [-0.25, -0.2) is 4.68 Å². The first kappa shape index (κ1) is 31.0. The van der Waals surface area contributed by atoms with E-state index < -0.39 is 17.5 Å². The Morgan fingerprint density at radius 1 is 0.978 bits per heavy atom. The fourth-order valence-corrected chi connectivity index (χ4v) is 8.79. The van der Waals surface area contributed by atoms with E-state index in [1.807, 2.05) is 24.4 Å². The van der Waals surface area contributed by atoms with E-state index in [9.17, 15) is 13.2 Å². The predicted octanol–water partition coefficient (Wildman–Crippen LogP) is 8.90. The second kappa shape index (κ2) is 11.3. The second-order valence-corrected chi connectivity index (χ2v) is 14.0. The molecule has 0 spiro atoms. The first-order chi connectivity index (χ1) is 22.1. The first-order valence-electron chi connectivity index (χ1n) is 16.4. The minimum absolute atomic E-state index is 0.152. The maximum absolute atomic E-state index is 13.8. The normalized spacial score (nSPS) is 21.9. The Kier molecular flexibility index (Phi) is 7.61. The zero-order valence-corrected chi connectivity index (χ0v) is 28.3. The highest BCUT2D eigenvalue weighted by Gasteiger charge is 2.62. The molecule has 5 heterocycles. The number of hydrogen-bond acceptors (Lipinski definition) is 2. The molecule has 0 amide bonds. The summed E-state index contributed by atoms with van der Waals surface area (Å²) in [6, 6.07) is 21.2. The van der Waals surface area contributed by atoms with Gasteiger partial charge in [0.15, 0.2) is 24.0 Å². The lowest BCUT2D eigenvalue weighted by Crippen LogP contribution is -2.70. The zero-order valence-electron chi connectivity index (χ0n) is 26.7. The van der Waals surface area contributed by atoms with Crippen LogP contribution in [0.25, 0.3) is 33.5 Å². The van der Waals surface area contributed by atoms with E-state index in [1.54, 1.807) is 0 Å². The van der Waals surface area contributed by atoms with Crippen LogP contribution in [0, 0.1) is 0 Å². The molecule has 46 heavy (non-hydrogen) atoms. The van der Waals surface area contributed by atoms with Crippen LogP contribution in [0.2, 0.25) is 0 Å². The summed E-state index contributed by atoms with van der Waals surface area (Å²) >= 11 is 3.78. The van der Waals surface area contributed by atoms with Gasteiger partial charge in [0.2, 0.25) is 17.2 Å². The Bertz CT molecular complexity index is 1970. The van der Waals surface area contributed by atoms with E-state index >= 15 is 0 Å². The highest BCUT2D eigenvalue weighted by Crippen LogP contribution is 2.54. The monoisotopic (exact) mass is 689 g/mol. The van der Waals surface area contributed by atoms with Crippen molar-refractivity contribution in [2.75, 3.05) is 0 Å². The van der Waals surface area contributed by atoms with Gasteiger partial charge < -0.3 is 0 Å². The van der Waals surface area contributed by atoms with Crippen molar-refractivity contribution < 1.29 is 22.3 Å². The van der Waals surface area contributed by atoms with Crippen molar-refractivity contribution in [1.82, 2.24) is 14.8 Å². The fourth-order valence-electron chi connectivity index (χ4n) is 8.43. The van der Waals surface area contributed by atoms with Gasteiger partial charge in [-0.3, -0.25) is 0 Å². The summed E-state index contributed by atoms with van der Waals surface area (Å²) in [6.07, 6.45) is 5.39. The van der Waals surface area contributed by atoms with E-state index in [0.29, 0.717) is 18.7 Å². The second-order valence-electron chi connectivity index (χ2n) is 13.1. The quantitative estimate of drug-likeness (QED) is 0.160. The highest BCUT2D eigenvalue weighted by atomic mass is 79.9. The van der Waals surface area contributed by atoms with Gasteiger partial charge in [-0.05, 0) is 67.0 Å². The lowest BCUT2D eigenvalue weighted by Gasteiger charge is -2.48. The minimum Gasteiger partial charge on any atom is -0.233 e. The third-order valence-corrected chi connectivity index (χ3v) is 11.4. The number of rotatable bonds is 7. The Labute approximate surface area is 276 Å². The first-order valence-corrected chi connectivity index (χ1v) is 17.1. The molecule has 0 N–H and O–H groups in total. The molecule has 0 saturated carbocycles. The van der Waals surface area contributed by atoms with Gasteiger partial charge >= 0.3 is 6.18 Å². The molecule has 0 fully saturated rings. The van der Waals surface area contributed by atoms with Crippen LogP contribution in [0.3, 0.4) is 0 Å². The Balaban J connectivity index is 1.47. The number of benzene rings is 2. The maximum Gasteiger partial charge on any atom is 0.453 e. The van der Waals surface area contributed by atoms with Crippen molar-refractivity contribution in [3.05, 3.63) is 94.5 Å². The average Bonchev–Trinajstić information content (AvgIpc) is 3.50. The number of hydrogen-bond donors (Lipinski definition) is 0. The number of alkyl halides is 3. The summed E-state index contributed by atoms with van der Waals surface area (Å²) in [6.45, 7) is 9.44. The molecule has 0 saturated heterocycles. The summed E-state index contributed by atoms with van der Waals surface area (Å²) in [5, 5.41) is 6.50. The third-order valence-electron chi connectivity index (χ3n) is 10.9. The van der Waals surface area contributed by atoms with Crippen LogP contribution in [-0.2, 0) is 30.1 Å².